The summed E-state index contributed by atoms with van der Waals surface area (Å²) >= 11 is 0. The Hall–Kier alpha value is -4.74. The van der Waals surface area contributed by atoms with Crippen LogP contribution in [0, 0.1) is 5.82 Å². The Kier molecular flexibility index (Phi) is 6.44. The van der Waals surface area contributed by atoms with E-state index in [9.17, 15) is 27.2 Å². The van der Waals surface area contributed by atoms with Crippen LogP contribution < -0.4 is 16.0 Å². The fraction of sp³-hybridized carbons (Fsp3) is 0.0435. The number of halogens is 4. The summed E-state index contributed by atoms with van der Waals surface area (Å²) in [6, 6.07) is 18.0. The number of nitrogens with one attached hydrogen (secondary N) is 3. The fourth-order valence-electron chi connectivity index (χ4n) is 3.13. The number of aromatic nitrogens is 3. The standard InChI is InChI=1S/C23H16F4N6O2/c24-14-9-11-18(12-10-14)33-20(23(25,26)27)19(31-32-33)21(34)28-16-7-4-8-17(13-16)30-22(35)29-15-5-2-1-3-6-15/h1-13H,(H,28,34)(H2,29,30,35). The van der Waals surface area contributed by atoms with Crippen molar-refractivity contribution < 1.29 is 27.2 Å². The average Bonchev–Trinajstić information content (AvgIpc) is 3.26. The van der Waals surface area contributed by atoms with Crippen LogP contribution in [0.25, 0.3) is 5.69 Å². The van der Waals surface area contributed by atoms with Crippen molar-refractivity contribution in [3.8, 4) is 5.69 Å². The number of carbonyl (C=O) groups is 2. The number of hydrogen-bond acceptors (Lipinski definition) is 4. The van der Waals surface area contributed by atoms with E-state index in [1.165, 1.54) is 24.3 Å². The molecule has 0 aliphatic heterocycles. The Morgan fingerprint density at radius 3 is 2.03 bits per heavy atom. The van der Waals surface area contributed by atoms with E-state index in [4.69, 9.17) is 0 Å². The lowest BCUT2D eigenvalue weighted by Gasteiger charge is -2.12. The van der Waals surface area contributed by atoms with Crippen LogP contribution in [0.3, 0.4) is 0 Å². The molecule has 3 aromatic carbocycles. The molecule has 4 aromatic rings. The number of nitrogens with zero attached hydrogens (tertiary/aromatic N) is 3. The van der Waals surface area contributed by atoms with Gasteiger partial charge >= 0.3 is 12.2 Å². The van der Waals surface area contributed by atoms with Gasteiger partial charge in [-0.1, -0.05) is 29.5 Å². The predicted octanol–water partition coefficient (Wildman–Crippen LogP) is 5.32. The van der Waals surface area contributed by atoms with Gasteiger partial charge in [0.2, 0.25) is 0 Å². The van der Waals surface area contributed by atoms with Gasteiger partial charge in [0.25, 0.3) is 5.91 Å². The van der Waals surface area contributed by atoms with E-state index in [-0.39, 0.29) is 17.1 Å². The maximum atomic E-state index is 13.8. The Morgan fingerprint density at radius 1 is 0.771 bits per heavy atom. The van der Waals surface area contributed by atoms with E-state index < -0.39 is 35.3 Å². The first-order valence-corrected chi connectivity index (χ1v) is 10.0. The highest BCUT2D eigenvalue weighted by atomic mass is 19.4. The van der Waals surface area contributed by atoms with Crippen molar-refractivity contribution in [3.63, 3.8) is 0 Å². The van der Waals surface area contributed by atoms with E-state index in [2.05, 4.69) is 26.3 Å². The number of hydrogen-bond donors (Lipinski definition) is 3. The van der Waals surface area contributed by atoms with E-state index in [1.807, 2.05) is 0 Å². The van der Waals surface area contributed by atoms with Gasteiger partial charge < -0.3 is 16.0 Å². The number of benzene rings is 3. The summed E-state index contributed by atoms with van der Waals surface area (Å²) in [4.78, 5) is 24.8. The molecule has 35 heavy (non-hydrogen) atoms. The number of amides is 3. The molecule has 3 amide bonds. The lowest BCUT2D eigenvalue weighted by Crippen LogP contribution is -2.21. The van der Waals surface area contributed by atoms with Crippen LogP contribution in [-0.2, 0) is 6.18 Å². The molecule has 0 saturated heterocycles. The molecule has 0 spiro atoms. The third-order valence-electron chi connectivity index (χ3n) is 4.64. The van der Waals surface area contributed by atoms with E-state index >= 15 is 0 Å². The highest BCUT2D eigenvalue weighted by Crippen LogP contribution is 2.33. The molecule has 8 nitrogen and oxygen atoms in total. The summed E-state index contributed by atoms with van der Waals surface area (Å²) in [6.07, 6.45) is -4.98. The third kappa shape index (κ3) is 5.61. The average molecular weight is 484 g/mol. The zero-order valence-electron chi connectivity index (χ0n) is 17.7. The molecule has 1 aromatic heterocycles. The van der Waals surface area contributed by atoms with Crippen LogP contribution >= 0.6 is 0 Å². The molecular weight excluding hydrogens is 468 g/mol. The van der Waals surface area contributed by atoms with Gasteiger partial charge in [-0.2, -0.15) is 13.2 Å². The zero-order valence-corrected chi connectivity index (χ0v) is 17.7. The Morgan fingerprint density at radius 2 is 1.37 bits per heavy atom. The zero-order chi connectivity index (χ0) is 25.0. The molecule has 0 radical (unpaired) electrons. The molecule has 0 unspecified atom stereocenters. The minimum absolute atomic E-state index is 0.108. The minimum atomic E-state index is -4.98. The molecule has 0 aliphatic carbocycles. The minimum Gasteiger partial charge on any atom is -0.320 e. The lowest BCUT2D eigenvalue weighted by molar-refractivity contribution is -0.143. The van der Waals surface area contributed by atoms with E-state index in [0.717, 1.165) is 24.3 Å². The second kappa shape index (κ2) is 9.63. The van der Waals surface area contributed by atoms with Crippen LogP contribution in [0.5, 0.6) is 0 Å². The SMILES string of the molecule is O=C(Nc1ccccc1)Nc1cccc(NC(=O)c2nnn(-c3ccc(F)cc3)c2C(F)(F)F)c1. The van der Waals surface area contributed by atoms with Gasteiger partial charge in [-0.05, 0) is 54.6 Å². The molecule has 0 atom stereocenters. The van der Waals surface area contributed by atoms with Crippen LogP contribution in [0.15, 0.2) is 78.9 Å². The summed E-state index contributed by atoms with van der Waals surface area (Å²) in [5, 5.41) is 14.3. The van der Waals surface area contributed by atoms with Gasteiger partial charge in [0.1, 0.15) is 5.82 Å². The van der Waals surface area contributed by atoms with Gasteiger partial charge in [0.05, 0.1) is 5.69 Å². The first-order valence-electron chi connectivity index (χ1n) is 10.0. The van der Waals surface area contributed by atoms with Crippen molar-refractivity contribution in [2.75, 3.05) is 16.0 Å². The van der Waals surface area contributed by atoms with Crippen molar-refractivity contribution in [2.24, 2.45) is 0 Å². The molecule has 178 valence electrons. The van der Waals surface area contributed by atoms with Gasteiger partial charge in [-0.3, -0.25) is 4.79 Å². The van der Waals surface area contributed by atoms with Crippen molar-refractivity contribution in [3.05, 3.63) is 96.1 Å². The van der Waals surface area contributed by atoms with Crippen LogP contribution in [0.1, 0.15) is 16.2 Å². The highest BCUT2D eigenvalue weighted by Gasteiger charge is 2.42. The first kappa shape index (κ1) is 23.4. The number of rotatable bonds is 5. The van der Waals surface area contributed by atoms with Crippen LogP contribution in [-0.4, -0.2) is 26.9 Å². The monoisotopic (exact) mass is 484 g/mol. The topological polar surface area (TPSA) is 101 Å². The third-order valence-corrected chi connectivity index (χ3v) is 4.64. The van der Waals surface area contributed by atoms with Crippen LogP contribution in [0.4, 0.5) is 39.4 Å². The van der Waals surface area contributed by atoms with E-state index in [1.54, 1.807) is 30.3 Å². The number of urea groups is 1. The van der Waals surface area contributed by atoms with Gasteiger partial charge in [-0.25, -0.2) is 13.9 Å². The summed E-state index contributed by atoms with van der Waals surface area (Å²) in [5.41, 5.74) is -1.57. The first-order chi connectivity index (χ1) is 16.7. The maximum absolute atomic E-state index is 13.8. The summed E-state index contributed by atoms with van der Waals surface area (Å²) < 4.78 is 54.9. The molecule has 0 bridgehead atoms. The Balaban J connectivity index is 1.53. The van der Waals surface area contributed by atoms with E-state index in [0.29, 0.717) is 10.4 Å². The highest BCUT2D eigenvalue weighted by molar-refractivity contribution is 6.04. The smallest absolute Gasteiger partial charge is 0.320 e. The molecule has 0 fully saturated rings. The molecule has 0 saturated carbocycles. The quantitative estimate of drug-likeness (QED) is 0.334. The molecule has 1 heterocycles. The van der Waals surface area contributed by atoms with Gasteiger partial charge in [0, 0.05) is 17.1 Å². The molecular formula is C23H16F4N6O2. The van der Waals surface area contributed by atoms with Crippen molar-refractivity contribution in [1.29, 1.82) is 0 Å². The summed E-state index contributed by atoms with van der Waals surface area (Å²) in [6.45, 7) is 0. The van der Waals surface area contributed by atoms with Crippen LogP contribution in [0.2, 0.25) is 0 Å². The molecule has 4 rings (SSSR count). The van der Waals surface area contributed by atoms with Gasteiger partial charge in [0.15, 0.2) is 11.4 Å². The summed E-state index contributed by atoms with van der Waals surface area (Å²) in [5.74, 6) is -1.82. The van der Waals surface area contributed by atoms with Crippen molar-refractivity contribution in [2.45, 2.75) is 6.18 Å². The van der Waals surface area contributed by atoms with Crippen molar-refractivity contribution in [1.82, 2.24) is 15.0 Å². The molecule has 0 aliphatic rings. The maximum Gasteiger partial charge on any atom is 0.435 e. The number of anilines is 3. The molecule has 3 N–H and O–H groups in total. The van der Waals surface area contributed by atoms with Gasteiger partial charge in [-0.15, -0.1) is 5.10 Å². The number of para-hydroxylation sites is 1. The lowest BCUT2D eigenvalue weighted by atomic mass is 10.2. The normalized spacial score (nSPS) is 11.1. The second-order valence-electron chi connectivity index (χ2n) is 7.15. The number of carbonyl (C=O) groups excluding carboxylic acids is 2. The van der Waals surface area contributed by atoms with Crippen molar-refractivity contribution >= 4 is 29.0 Å². The Labute approximate surface area is 195 Å². The summed E-state index contributed by atoms with van der Waals surface area (Å²) in [7, 11) is 0. The predicted molar refractivity (Wildman–Crippen MR) is 120 cm³/mol. The molecule has 12 heteroatoms. The Bertz CT molecular complexity index is 1350. The fourth-order valence-corrected chi connectivity index (χ4v) is 3.13. The second-order valence-corrected chi connectivity index (χ2v) is 7.15. The largest absolute Gasteiger partial charge is 0.435 e. The number of alkyl halides is 3.